The Bertz CT molecular complexity index is 808. The van der Waals surface area contributed by atoms with Crippen molar-refractivity contribution >= 4 is 17.4 Å². The van der Waals surface area contributed by atoms with E-state index in [9.17, 15) is 9.59 Å². The number of rotatable bonds is 7. The van der Waals surface area contributed by atoms with Crippen molar-refractivity contribution in [1.82, 2.24) is 4.90 Å². The fourth-order valence-corrected chi connectivity index (χ4v) is 4.16. The lowest BCUT2D eigenvalue weighted by Crippen LogP contribution is -3.16. The molecule has 2 aromatic rings. The maximum absolute atomic E-state index is 13.3. The van der Waals surface area contributed by atoms with Crippen LogP contribution in [0, 0.1) is 0 Å². The van der Waals surface area contributed by atoms with Gasteiger partial charge in [0, 0.05) is 29.9 Å². The van der Waals surface area contributed by atoms with Gasteiger partial charge >= 0.3 is 0 Å². The lowest BCUT2D eigenvalue weighted by atomic mass is 10.0. The summed E-state index contributed by atoms with van der Waals surface area (Å²) in [5, 5.41) is 0. The van der Waals surface area contributed by atoms with E-state index < -0.39 is 0 Å². The monoisotopic (exact) mass is 394 g/mol. The van der Waals surface area contributed by atoms with Crippen LogP contribution in [0.1, 0.15) is 42.7 Å². The molecular weight excluding hydrogens is 362 g/mol. The summed E-state index contributed by atoms with van der Waals surface area (Å²) in [4.78, 5) is 30.4. The van der Waals surface area contributed by atoms with E-state index in [2.05, 4.69) is 17.0 Å². The summed E-state index contributed by atoms with van der Waals surface area (Å²) in [6, 6.07) is 17.9. The molecule has 1 amide bonds. The summed E-state index contributed by atoms with van der Waals surface area (Å²) < 4.78 is 0. The average molecular weight is 395 g/mol. The van der Waals surface area contributed by atoms with E-state index in [1.807, 2.05) is 61.2 Å². The van der Waals surface area contributed by atoms with Crippen LogP contribution in [-0.4, -0.2) is 55.9 Å². The number of benzene rings is 2. The van der Waals surface area contributed by atoms with Gasteiger partial charge in [-0.05, 0) is 45.0 Å². The molecule has 1 aliphatic heterocycles. The number of Topliss-reactive ketones (excluding diaryl/α,β-unsaturated/α-hetero) is 1. The van der Waals surface area contributed by atoms with Crippen LogP contribution >= 0.6 is 0 Å². The lowest BCUT2D eigenvalue weighted by molar-refractivity contribution is -0.922. The van der Waals surface area contributed by atoms with Crippen LogP contribution in [0.15, 0.2) is 54.6 Å². The van der Waals surface area contributed by atoms with Gasteiger partial charge in [-0.15, -0.1) is 0 Å². The molecular formula is C24H32N3O2+. The molecule has 0 radical (unpaired) electrons. The molecule has 0 aromatic heterocycles. The average Bonchev–Trinajstić information content (AvgIpc) is 2.76. The largest absolute Gasteiger partial charge is 0.360 e. The summed E-state index contributed by atoms with van der Waals surface area (Å²) in [7, 11) is 0. The summed E-state index contributed by atoms with van der Waals surface area (Å²) in [6.45, 7) is 10.7. The van der Waals surface area contributed by atoms with Crippen molar-refractivity contribution in [3.05, 3.63) is 65.7 Å². The van der Waals surface area contributed by atoms with Crippen LogP contribution < -0.4 is 9.80 Å². The normalized spacial score (nSPS) is 15.8. The fraction of sp³-hybridized carbons (Fsp3) is 0.417. The van der Waals surface area contributed by atoms with Crippen molar-refractivity contribution in [1.29, 1.82) is 0 Å². The van der Waals surface area contributed by atoms with Gasteiger partial charge in [0.15, 0.2) is 11.8 Å². The van der Waals surface area contributed by atoms with E-state index in [1.54, 1.807) is 6.92 Å². The van der Waals surface area contributed by atoms with Gasteiger partial charge in [-0.3, -0.25) is 9.59 Å². The van der Waals surface area contributed by atoms with Crippen LogP contribution in [0.2, 0.25) is 0 Å². The Morgan fingerprint density at radius 1 is 0.966 bits per heavy atom. The minimum atomic E-state index is -0.154. The Morgan fingerprint density at radius 2 is 1.55 bits per heavy atom. The third-order valence-corrected chi connectivity index (χ3v) is 5.91. The predicted molar refractivity (Wildman–Crippen MR) is 116 cm³/mol. The van der Waals surface area contributed by atoms with E-state index in [-0.39, 0.29) is 17.7 Å². The van der Waals surface area contributed by atoms with Gasteiger partial charge in [-0.1, -0.05) is 30.3 Å². The minimum Gasteiger partial charge on any atom is -0.360 e. The van der Waals surface area contributed by atoms with Crippen molar-refractivity contribution < 1.29 is 14.5 Å². The number of carbonyl (C=O) groups excluding carboxylic acids is 2. The highest BCUT2D eigenvalue weighted by Crippen LogP contribution is 2.17. The van der Waals surface area contributed by atoms with E-state index in [0.717, 1.165) is 56.1 Å². The fourth-order valence-electron chi connectivity index (χ4n) is 4.16. The number of quaternary nitrogens is 1. The number of likely N-dealkylation sites (N-methyl/N-ethyl adjacent to an activating group) is 1. The van der Waals surface area contributed by atoms with Gasteiger partial charge in [0.25, 0.3) is 5.91 Å². The molecule has 1 saturated heterocycles. The van der Waals surface area contributed by atoms with Crippen molar-refractivity contribution in [2.45, 2.75) is 26.8 Å². The standard InChI is InChI=1S/C24H31N3O2/c1-4-25(5-2)24(29)23(21-9-7-6-8-10-21)27-17-15-26(16-18-27)22-13-11-20(12-14-22)19(3)28/h6-14,23H,4-5,15-18H2,1-3H3/p+1/t23-/m1/s1. The molecule has 3 rings (SSSR count). The van der Waals surface area contributed by atoms with Crippen molar-refractivity contribution in [2.75, 3.05) is 44.2 Å². The Labute approximate surface area is 173 Å². The highest BCUT2D eigenvalue weighted by Gasteiger charge is 2.36. The molecule has 1 aliphatic rings. The highest BCUT2D eigenvalue weighted by atomic mass is 16.2. The van der Waals surface area contributed by atoms with Gasteiger partial charge in [-0.2, -0.15) is 0 Å². The number of amides is 1. The molecule has 0 spiro atoms. The molecule has 5 nitrogen and oxygen atoms in total. The number of anilines is 1. The maximum Gasteiger partial charge on any atom is 0.285 e. The van der Waals surface area contributed by atoms with Gasteiger partial charge in [0.05, 0.1) is 26.2 Å². The minimum absolute atomic E-state index is 0.0893. The van der Waals surface area contributed by atoms with Crippen LogP contribution in [-0.2, 0) is 4.79 Å². The van der Waals surface area contributed by atoms with Crippen molar-refractivity contribution in [3.8, 4) is 0 Å². The lowest BCUT2D eigenvalue weighted by Gasteiger charge is -2.38. The molecule has 29 heavy (non-hydrogen) atoms. The third-order valence-electron chi connectivity index (χ3n) is 5.91. The highest BCUT2D eigenvalue weighted by molar-refractivity contribution is 5.94. The number of ketones is 1. The smallest absolute Gasteiger partial charge is 0.285 e. The summed E-state index contributed by atoms with van der Waals surface area (Å²) in [6.07, 6.45) is 0. The Balaban J connectivity index is 1.74. The summed E-state index contributed by atoms with van der Waals surface area (Å²) in [5.41, 5.74) is 2.98. The van der Waals surface area contributed by atoms with Crippen LogP contribution in [0.25, 0.3) is 0 Å². The second-order valence-electron chi connectivity index (χ2n) is 7.60. The second-order valence-corrected chi connectivity index (χ2v) is 7.60. The number of carbonyl (C=O) groups is 2. The van der Waals surface area contributed by atoms with Gasteiger partial charge in [0.2, 0.25) is 0 Å². The number of hydrogen-bond acceptors (Lipinski definition) is 3. The van der Waals surface area contributed by atoms with E-state index in [4.69, 9.17) is 0 Å². The van der Waals surface area contributed by atoms with E-state index in [1.165, 1.54) is 4.90 Å². The first-order valence-corrected chi connectivity index (χ1v) is 10.6. The molecule has 1 N–H and O–H groups in total. The van der Waals surface area contributed by atoms with E-state index in [0.29, 0.717) is 0 Å². The van der Waals surface area contributed by atoms with Crippen LogP contribution in [0.4, 0.5) is 5.69 Å². The summed E-state index contributed by atoms with van der Waals surface area (Å²) >= 11 is 0. The Hall–Kier alpha value is -2.66. The molecule has 1 atom stereocenters. The van der Waals surface area contributed by atoms with Gasteiger partial charge < -0.3 is 14.7 Å². The SMILES string of the molecule is CCN(CC)C(=O)[C@@H](c1ccccc1)[NH+]1CCN(c2ccc(C(C)=O)cc2)CC1. The number of nitrogens with zero attached hydrogens (tertiary/aromatic N) is 2. The zero-order chi connectivity index (χ0) is 20.8. The van der Waals surface area contributed by atoms with Crippen molar-refractivity contribution in [2.24, 2.45) is 0 Å². The van der Waals surface area contributed by atoms with Crippen LogP contribution in [0.5, 0.6) is 0 Å². The molecule has 154 valence electrons. The predicted octanol–water partition coefficient (Wildman–Crippen LogP) is 2.20. The van der Waals surface area contributed by atoms with Gasteiger partial charge in [-0.25, -0.2) is 0 Å². The molecule has 2 aromatic carbocycles. The van der Waals surface area contributed by atoms with Crippen molar-refractivity contribution in [3.63, 3.8) is 0 Å². The zero-order valence-corrected chi connectivity index (χ0v) is 17.7. The number of hydrogen-bond donors (Lipinski definition) is 1. The Morgan fingerprint density at radius 3 is 2.07 bits per heavy atom. The topological polar surface area (TPSA) is 45.1 Å². The first-order chi connectivity index (χ1) is 14.0. The molecule has 0 aliphatic carbocycles. The zero-order valence-electron chi connectivity index (χ0n) is 17.7. The molecule has 5 heteroatoms. The molecule has 0 bridgehead atoms. The molecule has 1 fully saturated rings. The van der Waals surface area contributed by atoms with E-state index >= 15 is 0 Å². The molecule has 0 unspecified atom stereocenters. The van der Waals surface area contributed by atoms with Gasteiger partial charge in [0.1, 0.15) is 0 Å². The number of nitrogens with one attached hydrogen (secondary N) is 1. The quantitative estimate of drug-likeness (QED) is 0.733. The first kappa shape index (κ1) is 21.1. The number of piperazine rings is 1. The van der Waals surface area contributed by atoms with Crippen LogP contribution in [0.3, 0.4) is 0 Å². The Kier molecular flexibility index (Phi) is 7.04. The molecule has 1 heterocycles. The first-order valence-electron chi connectivity index (χ1n) is 10.6. The molecule has 0 saturated carbocycles. The maximum atomic E-state index is 13.3. The third kappa shape index (κ3) is 4.85. The summed E-state index contributed by atoms with van der Waals surface area (Å²) in [5.74, 6) is 0.307. The second kappa shape index (κ2) is 9.70.